The highest BCUT2D eigenvalue weighted by molar-refractivity contribution is 6.74. The fourth-order valence-corrected chi connectivity index (χ4v) is 2.41. The van der Waals surface area contributed by atoms with Gasteiger partial charge in [-0.3, -0.25) is 0 Å². The second kappa shape index (κ2) is 5.59. The van der Waals surface area contributed by atoms with Gasteiger partial charge in [-0.1, -0.05) is 20.8 Å². The molecule has 2 nitrogen and oxygen atoms in total. The summed E-state index contributed by atoms with van der Waals surface area (Å²) >= 11 is 0. The van der Waals surface area contributed by atoms with Crippen molar-refractivity contribution in [2.45, 2.75) is 45.5 Å². The van der Waals surface area contributed by atoms with E-state index in [4.69, 9.17) is 4.43 Å². The lowest BCUT2D eigenvalue weighted by Gasteiger charge is -2.36. The first-order valence-corrected chi connectivity index (χ1v) is 9.29. The van der Waals surface area contributed by atoms with Crippen molar-refractivity contribution in [2.24, 2.45) is 0 Å². The van der Waals surface area contributed by atoms with Crippen LogP contribution in [0.1, 0.15) is 26.3 Å². The second-order valence-electron chi connectivity index (χ2n) is 6.18. The van der Waals surface area contributed by atoms with Crippen LogP contribution in [-0.2, 0) is 11.0 Å². The zero-order chi connectivity index (χ0) is 14.8. The molecule has 0 aliphatic heterocycles. The fraction of sp³-hybridized carbons (Fsp3) is 0.571. The van der Waals surface area contributed by atoms with E-state index in [-0.39, 0.29) is 22.9 Å². The Bertz CT molecular complexity index is 455. The first kappa shape index (κ1) is 16.1. The number of hydrogen-bond donors (Lipinski definition) is 1. The van der Waals surface area contributed by atoms with Gasteiger partial charge in [0.05, 0.1) is 12.3 Å². The molecule has 0 atom stereocenters. The van der Waals surface area contributed by atoms with Gasteiger partial charge in [-0.15, -0.1) is 0 Å². The van der Waals surface area contributed by atoms with Crippen molar-refractivity contribution in [1.82, 2.24) is 0 Å². The molecule has 5 heteroatoms. The molecule has 1 N–H and O–H groups in total. The zero-order valence-corrected chi connectivity index (χ0v) is 13.5. The minimum atomic E-state index is -1.98. The number of nitrogens with one attached hydrogen (secondary N) is 1. The van der Waals surface area contributed by atoms with Gasteiger partial charge >= 0.3 is 0 Å². The molecule has 1 aromatic rings. The fourth-order valence-electron chi connectivity index (χ4n) is 1.47. The number of benzene rings is 1. The Morgan fingerprint density at radius 2 is 1.68 bits per heavy atom. The first-order chi connectivity index (χ1) is 8.60. The minimum absolute atomic E-state index is 0.0383. The van der Waals surface area contributed by atoms with Gasteiger partial charge in [0, 0.05) is 12.6 Å². The van der Waals surface area contributed by atoms with E-state index in [0.717, 1.165) is 12.1 Å². The molecular formula is C14H23F2NOSi. The standard InChI is InChI=1S/C14H23F2NOSi/c1-14(2,3)19(5,6)18-9-10-11(15)7-8-12(16)13(10)17-4/h7-8,17H,9H2,1-6H3. The van der Waals surface area contributed by atoms with Crippen LogP contribution in [0.5, 0.6) is 0 Å². The first-order valence-electron chi connectivity index (χ1n) is 6.39. The molecule has 0 fully saturated rings. The van der Waals surface area contributed by atoms with Crippen LogP contribution in [0.3, 0.4) is 0 Å². The van der Waals surface area contributed by atoms with Crippen molar-refractivity contribution in [3.05, 3.63) is 29.3 Å². The third-order valence-corrected chi connectivity index (χ3v) is 8.32. The molecule has 0 unspecified atom stereocenters. The highest BCUT2D eigenvalue weighted by Gasteiger charge is 2.37. The van der Waals surface area contributed by atoms with Gasteiger partial charge < -0.3 is 9.74 Å². The van der Waals surface area contributed by atoms with E-state index in [0.29, 0.717) is 0 Å². The quantitative estimate of drug-likeness (QED) is 0.822. The van der Waals surface area contributed by atoms with Crippen LogP contribution in [0.2, 0.25) is 18.1 Å². The molecule has 0 spiro atoms. The molecule has 0 heterocycles. The summed E-state index contributed by atoms with van der Waals surface area (Å²) in [6, 6.07) is 2.26. The van der Waals surface area contributed by atoms with Gasteiger partial charge in [0.2, 0.25) is 0 Å². The predicted molar refractivity (Wildman–Crippen MR) is 77.9 cm³/mol. The van der Waals surface area contributed by atoms with Crippen LogP contribution in [-0.4, -0.2) is 15.4 Å². The summed E-state index contributed by atoms with van der Waals surface area (Å²) < 4.78 is 33.4. The lowest BCUT2D eigenvalue weighted by molar-refractivity contribution is 0.271. The van der Waals surface area contributed by atoms with Crippen LogP contribution in [0.4, 0.5) is 14.5 Å². The number of anilines is 1. The highest BCUT2D eigenvalue weighted by Crippen LogP contribution is 2.37. The topological polar surface area (TPSA) is 21.3 Å². The SMILES string of the molecule is CNc1c(F)ccc(F)c1CO[Si](C)(C)C(C)(C)C. The molecule has 0 bridgehead atoms. The summed E-state index contributed by atoms with van der Waals surface area (Å²) in [6.45, 7) is 10.6. The van der Waals surface area contributed by atoms with E-state index >= 15 is 0 Å². The van der Waals surface area contributed by atoms with Gasteiger partial charge in [-0.05, 0) is 30.3 Å². The van der Waals surface area contributed by atoms with Gasteiger partial charge in [-0.2, -0.15) is 0 Å². The normalized spacial score (nSPS) is 12.6. The average molecular weight is 287 g/mol. The molecule has 0 saturated carbocycles. The summed E-state index contributed by atoms with van der Waals surface area (Å²) in [7, 11) is -0.404. The van der Waals surface area contributed by atoms with E-state index in [1.807, 2.05) is 0 Å². The molecule has 0 radical (unpaired) electrons. The second-order valence-corrected chi connectivity index (χ2v) is 11.0. The summed E-state index contributed by atoms with van der Waals surface area (Å²) in [5, 5.41) is 2.74. The monoisotopic (exact) mass is 287 g/mol. The van der Waals surface area contributed by atoms with Gasteiger partial charge in [0.25, 0.3) is 0 Å². The van der Waals surface area contributed by atoms with Gasteiger partial charge in [-0.25, -0.2) is 8.78 Å². The van der Waals surface area contributed by atoms with Crippen molar-refractivity contribution in [3.8, 4) is 0 Å². The molecule has 0 amide bonds. The Hall–Kier alpha value is -0.943. The Morgan fingerprint density at radius 3 is 2.16 bits per heavy atom. The maximum absolute atomic E-state index is 13.8. The molecular weight excluding hydrogens is 264 g/mol. The molecule has 1 aromatic carbocycles. The van der Waals surface area contributed by atoms with E-state index in [1.165, 1.54) is 0 Å². The number of rotatable bonds is 4. The Kier molecular flexibility index (Phi) is 4.74. The Balaban J connectivity index is 2.99. The maximum Gasteiger partial charge on any atom is 0.192 e. The summed E-state index contributed by atoms with van der Waals surface area (Å²) in [4.78, 5) is 0. The van der Waals surface area contributed by atoms with Crippen LogP contribution in [0.15, 0.2) is 12.1 Å². The molecule has 0 aliphatic carbocycles. The van der Waals surface area contributed by atoms with Gasteiger partial charge in [0.1, 0.15) is 11.6 Å². The van der Waals surface area contributed by atoms with Crippen molar-refractivity contribution < 1.29 is 13.2 Å². The van der Waals surface area contributed by atoms with Gasteiger partial charge in [0.15, 0.2) is 8.32 Å². The lowest BCUT2D eigenvalue weighted by atomic mass is 10.1. The molecule has 0 aliphatic rings. The van der Waals surface area contributed by atoms with E-state index in [9.17, 15) is 8.78 Å². The summed E-state index contributed by atoms with van der Waals surface area (Å²) in [5.41, 5.74) is 0.436. The highest BCUT2D eigenvalue weighted by atomic mass is 28.4. The largest absolute Gasteiger partial charge is 0.412 e. The number of halogens is 2. The summed E-state index contributed by atoms with van der Waals surface area (Å²) in [6.07, 6.45) is 0. The van der Waals surface area contributed by atoms with Crippen molar-refractivity contribution in [2.75, 3.05) is 12.4 Å². The maximum atomic E-state index is 13.8. The van der Waals surface area contributed by atoms with Crippen LogP contribution < -0.4 is 5.32 Å². The van der Waals surface area contributed by atoms with Crippen LogP contribution >= 0.6 is 0 Å². The van der Waals surface area contributed by atoms with E-state index in [1.54, 1.807) is 7.05 Å². The Morgan fingerprint density at radius 1 is 1.16 bits per heavy atom. The molecule has 0 aromatic heterocycles. The average Bonchev–Trinajstić information content (AvgIpc) is 2.28. The lowest BCUT2D eigenvalue weighted by Crippen LogP contribution is -2.40. The van der Waals surface area contributed by atoms with Crippen molar-refractivity contribution in [1.29, 1.82) is 0 Å². The predicted octanol–water partition coefficient (Wildman–Crippen LogP) is 4.53. The third-order valence-electron chi connectivity index (χ3n) is 3.84. The van der Waals surface area contributed by atoms with E-state index < -0.39 is 20.0 Å². The van der Waals surface area contributed by atoms with Crippen LogP contribution in [0.25, 0.3) is 0 Å². The molecule has 108 valence electrons. The smallest absolute Gasteiger partial charge is 0.192 e. The molecule has 19 heavy (non-hydrogen) atoms. The third kappa shape index (κ3) is 3.54. The number of hydrogen-bond acceptors (Lipinski definition) is 2. The minimum Gasteiger partial charge on any atom is -0.412 e. The van der Waals surface area contributed by atoms with E-state index in [2.05, 4.69) is 39.2 Å². The van der Waals surface area contributed by atoms with Crippen molar-refractivity contribution in [3.63, 3.8) is 0 Å². The Labute approximate surface area is 115 Å². The summed E-state index contributed by atoms with van der Waals surface area (Å²) in [5.74, 6) is -0.901. The molecule has 1 rings (SSSR count). The van der Waals surface area contributed by atoms with Crippen molar-refractivity contribution >= 4 is 14.0 Å². The van der Waals surface area contributed by atoms with Crippen LogP contribution in [0, 0.1) is 11.6 Å². The molecule has 0 saturated heterocycles. The zero-order valence-electron chi connectivity index (χ0n) is 12.5.